The molecule has 24 heavy (non-hydrogen) atoms. The van der Waals surface area contributed by atoms with Crippen molar-refractivity contribution in [3.63, 3.8) is 0 Å². The summed E-state index contributed by atoms with van der Waals surface area (Å²) >= 11 is 0. The topological polar surface area (TPSA) is 93.0 Å². The number of rotatable bonds is 5. The minimum absolute atomic E-state index is 0.0608. The van der Waals surface area contributed by atoms with E-state index in [1.54, 1.807) is 11.6 Å². The van der Waals surface area contributed by atoms with Crippen molar-refractivity contribution in [3.05, 3.63) is 29.8 Å². The summed E-state index contributed by atoms with van der Waals surface area (Å²) in [7, 11) is -1.79. The van der Waals surface area contributed by atoms with E-state index < -0.39 is 10.0 Å². The SMILES string of the molecule is Cn1cnc(S(=O)(=O)NCC2CN(c3cc4c(nn3)CCC4)C2)c1. The number of fused-ring (bicyclic) bond motifs is 1. The van der Waals surface area contributed by atoms with Crippen molar-refractivity contribution < 1.29 is 8.42 Å². The molecule has 1 fully saturated rings. The van der Waals surface area contributed by atoms with Crippen LogP contribution in [0.3, 0.4) is 0 Å². The zero-order valence-electron chi connectivity index (χ0n) is 13.5. The summed E-state index contributed by atoms with van der Waals surface area (Å²) in [5, 5.41) is 8.65. The lowest BCUT2D eigenvalue weighted by Crippen LogP contribution is -2.52. The molecule has 128 valence electrons. The molecule has 0 amide bonds. The normalized spacial score (nSPS) is 17.8. The smallest absolute Gasteiger partial charge is 0.259 e. The van der Waals surface area contributed by atoms with Crippen molar-refractivity contribution in [2.75, 3.05) is 24.5 Å². The van der Waals surface area contributed by atoms with Crippen LogP contribution in [0.15, 0.2) is 23.6 Å². The molecule has 0 spiro atoms. The first-order valence-corrected chi connectivity index (χ1v) is 9.57. The number of hydrogen-bond donors (Lipinski definition) is 1. The minimum atomic E-state index is -3.53. The lowest BCUT2D eigenvalue weighted by molar-refractivity contribution is 0.402. The summed E-state index contributed by atoms with van der Waals surface area (Å²) in [5.74, 6) is 1.18. The van der Waals surface area contributed by atoms with Crippen LogP contribution < -0.4 is 9.62 Å². The molecule has 1 saturated heterocycles. The number of hydrogen-bond acceptors (Lipinski definition) is 6. The van der Waals surface area contributed by atoms with E-state index in [9.17, 15) is 8.42 Å². The highest BCUT2D eigenvalue weighted by molar-refractivity contribution is 7.89. The number of imidazole rings is 1. The lowest BCUT2D eigenvalue weighted by Gasteiger charge is -2.40. The summed E-state index contributed by atoms with van der Waals surface area (Å²) in [5.41, 5.74) is 2.43. The number of aromatic nitrogens is 4. The Balaban J connectivity index is 1.32. The Hall–Kier alpha value is -2.00. The summed E-state index contributed by atoms with van der Waals surface area (Å²) in [6.45, 7) is 1.99. The molecule has 3 heterocycles. The third-order valence-electron chi connectivity index (χ3n) is 4.61. The zero-order chi connectivity index (χ0) is 16.7. The Morgan fingerprint density at radius 2 is 2.12 bits per heavy atom. The van der Waals surface area contributed by atoms with Crippen molar-refractivity contribution in [2.24, 2.45) is 13.0 Å². The van der Waals surface area contributed by atoms with E-state index in [2.05, 4.69) is 30.9 Å². The lowest BCUT2D eigenvalue weighted by atomic mass is 10.0. The maximum absolute atomic E-state index is 12.1. The van der Waals surface area contributed by atoms with Crippen molar-refractivity contribution in [1.29, 1.82) is 0 Å². The molecule has 0 radical (unpaired) electrons. The zero-order valence-corrected chi connectivity index (χ0v) is 14.3. The molecule has 1 aliphatic carbocycles. The Bertz CT molecular complexity index is 857. The monoisotopic (exact) mass is 348 g/mol. The quantitative estimate of drug-likeness (QED) is 0.825. The van der Waals surface area contributed by atoms with E-state index in [1.807, 2.05) is 0 Å². The van der Waals surface area contributed by atoms with E-state index in [-0.39, 0.29) is 10.9 Å². The van der Waals surface area contributed by atoms with Crippen molar-refractivity contribution in [2.45, 2.75) is 24.3 Å². The molecule has 8 nitrogen and oxygen atoms in total. The molecule has 2 aromatic rings. The highest BCUT2D eigenvalue weighted by Gasteiger charge is 2.30. The average Bonchev–Trinajstić information content (AvgIpc) is 3.13. The molecule has 0 bridgehead atoms. The predicted molar refractivity (Wildman–Crippen MR) is 88.2 cm³/mol. The van der Waals surface area contributed by atoms with E-state index in [0.717, 1.165) is 43.9 Å². The fourth-order valence-corrected chi connectivity index (χ4v) is 4.28. The molecule has 4 rings (SSSR count). The van der Waals surface area contributed by atoms with Crippen molar-refractivity contribution >= 4 is 15.8 Å². The minimum Gasteiger partial charge on any atom is -0.354 e. The van der Waals surface area contributed by atoms with Crippen molar-refractivity contribution in [1.82, 2.24) is 24.5 Å². The molecule has 9 heteroatoms. The van der Waals surface area contributed by atoms with Gasteiger partial charge in [-0.2, -0.15) is 5.10 Å². The predicted octanol–water partition coefficient (Wildman–Crippen LogP) is 0.114. The van der Waals surface area contributed by atoms with Crippen LogP contribution in [-0.4, -0.2) is 47.8 Å². The van der Waals surface area contributed by atoms with Gasteiger partial charge in [-0.05, 0) is 30.9 Å². The largest absolute Gasteiger partial charge is 0.354 e. The molecule has 0 atom stereocenters. The molecule has 0 saturated carbocycles. The maximum atomic E-state index is 12.1. The Morgan fingerprint density at radius 1 is 1.29 bits per heavy atom. The van der Waals surface area contributed by atoms with Crippen LogP contribution >= 0.6 is 0 Å². The molecule has 2 aliphatic rings. The fraction of sp³-hybridized carbons (Fsp3) is 0.533. The third kappa shape index (κ3) is 2.89. The maximum Gasteiger partial charge on any atom is 0.259 e. The van der Waals surface area contributed by atoms with Crippen LogP contribution in [0, 0.1) is 5.92 Å². The summed E-state index contributed by atoms with van der Waals surface area (Å²) in [4.78, 5) is 6.03. The van der Waals surface area contributed by atoms with Gasteiger partial charge in [0, 0.05) is 38.8 Å². The molecule has 0 unspecified atom stereocenters. The van der Waals surface area contributed by atoms with Crippen LogP contribution in [0.5, 0.6) is 0 Å². The van der Waals surface area contributed by atoms with Crippen LogP contribution in [0.25, 0.3) is 0 Å². The van der Waals surface area contributed by atoms with E-state index >= 15 is 0 Å². The van der Waals surface area contributed by atoms with Gasteiger partial charge >= 0.3 is 0 Å². The van der Waals surface area contributed by atoms with Gasteiger partial charge in [0.2, 0.25) is 0 Å². The number of sulfonamides is 1. The second kappa shape index (κ2) is 5.82. The van der Waals surface area contributed by atoms with Crippen LogP contribution in [0.4, 0.5) is 5.82 Å². The average molecular weight is 348 g/mol. The van der Waals surface area contributed by atoms with Gasteiger partial charge in [-0.25, -0.2) is 18.1 Å². The second-order valence-corrected chi connectivity index (χ2v) is 8.24. The second-order valence-electron chi connectivity index (χ2n) is 6.53. The highest BCUT2D eigenvalue weighted by atomic mass is 32.2. The first kappa shape index (κ1) is 15.5. The van der Waals surface area contributed by atoms with Gasteiger partial charge in [0.1, 0.15) is 0 Å². The highest BCUT2D eigenvalue weighted by Crippen LogP contribution is 2.27. The summed E-state index contributed by atoms with van der Waals surface area (Å²) in [6.07, 6.45) is 6.24. The van der Waals surface area contributed by atoms with E-state index in [0.29, 0.717) is 6.54 Å². The number of anilines is 1. The van der Waals surface area contributed by atoms with Gasteiger partial charge in [-0.3, -0.25) is 0 Å². The Labute approximate surface area is 141 Å². The van der Waals surface area contributed by atoms with Gasteiger partial charge in [0.15, 0.2) is 10.8 Å². The molecular weight excluding hydrogens is 328 g/mol. The molecule has 1 aliphatic heterocycles. The van der Waals surface area contributed by atoms with E-state index in [1.165, 1.54) is 18.1 Å². The molecule has 0 aromatic carbocycles. The first-order valence-electron chi connectivity index (χ1n) is 8.09. The van der Waals surface area contributed by atoms with Crippen LogP contribution in [-0.2, 0) is 29.9 Å². The number of aryl methyl sites for hydroxylation is 3. The number of nitrogens with zero attached hydrogens (tertiary/aromatic N) is 5. The molecule has 2 aromatic heterocycles. The van der Waals surface area contributed by atoms with Gasteiger partial charge in [0.25, 0.3) is 10.0 Å². The third-order valence-corrected chi connectivity index (χ3v) is 5.91. The first-order chi connectivity index (χ1) is 11.5. The van der Waals surface area contributed by atoms with Gasteiger partial charge < -0.3 is 9.47 Å². The van der Waals surface area contributed by atoms with Crippen molar-refractivity contribution in [3.8, 4) is 0 Å². The molecular formula is C15H20N6O2S. The summed E-state index contributed by atoms with van der Waals surface area (Å²) in [6, 6.07) is 2.13. The number of nitrogens with one attached hydrogen (secondary N) is 1. The Morgan fingerprint density at radius 3 is 2.88 bits per heavy atom. The van der Waals surface area contributed by atoms with Crippen LogP contribution in [0.2, 0.25) is 0 Å². The Kier molecular flexibility index (Phi) is 3.76. The molecule has 1 N–H and O–H groups in total. The van der Waals surface area contributed by atoms with Crippen LogP contribution in [0.1, 0.15) is 17.7 Å². The van der Waals surface area contributed by atoms with Gasteiger partial charge in [-0.15, -0.1) is 5.10 Å². The standard InChI is InChI=1S/C15H20N6O2S/c1-20-9-15(16-10-20)24(22,23)17-6-11-7-21(8-11)14-5-12-3-2-4-13(12)18-19-14/h5,9-11,17H,2-4,6-8H2,1H3. The van der Waals surface area contributed by atoms with E-state index in [4.69, 9.17) is 0 Å². The fourth-order valence-electron chi connectivity index (χ4n) is 3.19. The van der Waals surface area contributed by atoms with Gasteiger partial charge in [-0.1, -0.05) is 0 Å². The summed E-state index contributed by atoms with van der Waals surface area (Å²) < 4.78 is 28.5. The van der Waals surface area contributed by atoms with Gasteiger partial charge in [0.05, 0.1) is 12.0 Å².